The third-order valence-electron chi connectivity index (χ3n) is 2.26. The SMILES string of the molecule is CC1CN(C/C=C/C(=O)O)CC(C)N1. The van der Waals surface area contributed by atoms with E-state index in [4.69, 9.17) is 5.11 Å². The van der Waals surface area contributed by atoms with Crippen molar-refractivity contribution in [3.05, 3.63) is 12.2 Å². The van der Waals surface area contributed by atoms with E-state index in [0.717, 1.165) is 19.6 Å². The third-order valence-corrected chi connectivity index (χ3v) is 2.26. The minimum atomic E-state index is -0.874. The van der Waals surface area contributed by atoms with Crippen LogP contribution in [-0.4, -0.2) is 47.7 Å². The number of nitrogens with one attached hydrogen (secondary N) is 1. The predicted octanol–water partition coefficient (Wildman–Crippen LogP) is 0.309. The molecule has 0 aliphatic carbocycles. The van der Waals surface area contributed by atoms with Crippen molar-refractivity contribution in [1.82, 2.24) is 10.2 Å². The highest BCUT2D eigenvalue weighted by atomic mass is 16.4. The van der Waals surface area contributed by atoms with Crippen LogP contribution < -0.4 is 5.32 Å². The molecular formula is C10H18N2O2. The van der Waals surface area contributed by atoms with Gasteiger partial charge in [-0.15, -0.1) is 0 Å². The van der Waals surface area contributed by atoms with Crippen molar-refractivity contribution >= 4 is 5.97 Å². The molecule has 80 valence electrons. The minimum absolute atomic E-state index is 0.483. The topological polar surface area (TPSA) is 52.6 Å². The monoisotopic (exact) mass is 198 g/mol. The Balaban J connectivity index is 2.33. The second kappa shape index (κ2) is 5.12. The number of piperazine rings is 1. The highest BCUT2D eigenvalue weighted by Crippen LogP contribution is 2.03. The van der Waals surface area contributed by atoms with Crippen molar-refractivity contribution in [2.75, 3.05) is 19.6 Å². The lowest BCUT2D eigenvalue weighted by molar-refractivity contribution is -0.131. The van der Waals surface area contributed by atoms with Gasteiger partial charge in [-0.05, 0) is 13.8 Å². The molecule has 1 aliphatic heterocycles. The molecule has 1 fully saturated rings. The second-order valence-corrected chi connectivity index (χ2v) is 3.93. The van der Waals surface area contributed by atoms with Crippen LogP contribution in [-0.2, 0) is 4.79 Å². The molecule has 4 nitrogen and oxygen atoms in total. The van der Waals surface area contributed by atoms with E-state index >= 15 is 0 Å². The van der Waals surface area contributed by atoms with Crippen LogP contribution >= 0.6 is 0 Å². The number of carboxylic acid groups (broad SMARTS) is 1. The Labute approximate surface area is 84.6 Å². The Hall–Kier alpha value is -0.870. The average Bonchev–Trinajstić information content (AvgIpc) is 2.01. The summed E-state index contributed by atoms with van der Waals surface area (Å²) in [4.78, 5) is 12.5. The molecule has 2 N–H and O–H groups in total. The Morgan fingerprint density at radius 2 is 2.07 bits per heavy atom. The van der Waals surface area contributed by atoms with Crippen LogP contribution in [0.4, 0.5) is 0 Å². The van der Waals surface area contributed by atoms with E-state index in [-0.39, 0.29) is 0 Å². The molecule has 0 bridgehead atoms. The van der Waals surface area contributed by atoms with Crippen molar-refractivity contribution in [3.63, 3.8) is 0 Å². The lowest BCUT2D eigenvalue weighted by Gasteiger charge is -2.35. The molecule has 0 aromatic heterocycles. The number of nitrogens with zero attached hydrogens (tertiary/aromatic N) is 1. The molecule has 0 aromatic carbocycles. The van der Waals surface area contributed by atoms with Gasteiger partial charge in [-0.3, -0.25) is 4.90 Å². The number of hydrogen-bond acceptors (Lipinski definition) is 3. The highest BCUT2D eigenvalue weighted by Gasteiger charge is 2.19. The number of hydrogen-bond donors (Lipinski definition) is 2. The fourth-order valence-corrected chi connectivity index (χ4v) is 1.89. The smallest absolute Gasteiger partial charge is 0.328 e. The summed E-state index contributed by atoms with van der Waals surface area (Å²) in [6.45, 7) is 6.97. The lowest BCUT2D eigenvalue weighted by Crippen LogP contribution is -2.54. The van der Waals surface area contributed by atoms with Crippen LogP contribution in [0.25, 0.3) is 0 Å². The van der Waals surface area contributed by atoms with Crippen molar-refractivity contribution in [2.45, 2.75) is 25.9 Å². The van der Waals surface area contributed by atoms with E-state index in [2.05, 4.69) is 24.1 Å². The van der Waals surface area contributed by atoms with Gasteiger partial charge in [-0.25, -0.2) is 4.79 Å². The van der Waals surface area contributed by atoms with E-state index in [1.54, 1.807) is 6.08 Å². The minimum Gasteiger partial charge on any atom is -0.478 e. The van der Waals surface area contributed by atoms with E-state index in [1.165, 1.54) is 6.08 Å². The summed E-state index contributed by atoms with van der Waals surface area (Å²) in [6.07, 6.45) is 2.91. The van der Waals surface area contributed by atoms with Gasteiger partial charge in [0.15, 0.2) is 0 Å². The maximum atomic E-state index is 10.3. The average molecular weight is 198 g/mol. The van der Waals surface area contributed by atoms with Gasteiger partial charge in [0.2, 0.25) is 0 Å². The van der Waals surface area contributed by atoms with Gasteiger partial charge < -0.3 is 10.4 Å². The quantitative estimate of drug-likeness (QED) is 0.641. The van der Waals surface area contributed by atoms with Crippen LogP contribution in [0.3, 0.4) is 0 Å². The highest BCUT2D eigenvalue weighted by molar-refractivity contribution is 5.79. The summed E-state index contributed by atoms with van der Waals surface area (Å²) < 4.78 is 0. The zero-order chi connectivity index (χ0) is 10.6. The summed E-state index contributed by atoms with van der Waals surface area (Å²) in [5.74, 6) is -0.874. The van der Waals surface area contributed by atoms with Crippen LogP contribution in [0, 0.1) is 0 Å². The molecule has 2 unspecified atom stereocenters. The number of carboxylic acids is 1. The van der Waals surface area contributed by atoms with Gasteiger partial charge in [0.25, 0.3) is 0 Å². The van der Waals surface area contributed by atoms with Crippen LogP contribution in [0.5, 0.6) is 0 Å². The fraction of sp³-hybridized carbons (Fsp3) is 0.700. The first-order chi connectivity index (χ1) is 6.58. The molecule has 1 saturated heterocycles. The maximum Gasteiger partial charge on any atom is 0.328 e. The van der Waals surface area contributed by atoms with Gasteiger partial charge in [0.1, 0.15) is 0 Å². The number of aliphatic carboxylic acids is 1. The van der Waals surface area contributed by atoms with E-state index in [0.29, 0.717) is 12.1 Å². The molecule has 1 heterocycles. The molecule has 14 heavy (non-hydrogen) atoms. The number of carbonyl (C=O) groups is 1. The van der Waals surface area contributed by atoms with Gasteiger partial charge in [-0.2, -0.15) is 0 Å². The Kier molecular flexibility index (Phi) is 4.10. The molecule has 0 spiro atoms. The molecule has 1 rings (SSSR count). The first kappa shape index (κ1) is 11.2. The Morgan fingerprint density at radius 1 is 1.50 bits per heavy atom. The van der Waals surface area contributed by atoms with Crippen LogP contribution in [0.1, 0.15) is 13.8 Å². The Bertz CT molecular complexity index is 218. The fourth-order valence-electron chi connectivity index (χ4n) is 1.89. The van der Waals surface area contributed by atoms with Gasteiger partial charge in [-0.1, -0.05) is 6.08 Å². The maximum absolute atomic E-state index is 10.3. The van der Waals surface area contributed by atoms with Gasteiger partial charge in [0.05, 0.1) is 0 Å². The Morgan fingerprint density at radius 3 is 2.57 bits per heavy atom. The standard InChI is InChI=1S/C10H18N2O2/c1-8-6-12(7-9(2)11-8)5-3-4-10(13)14/h3-4,8-9,11H,5-7H2,1-2H3,(H,13,14)/b4-3+. The normalized spacial score (nSPS) is 29.6. The van der Waals surface area contributed by atoms with Crippen molar-refractivity contribution in [3.8, 4) is 0 Å². The van der Waals surface area contributed by atoms with E-state index < -0.39 is 5.97 Å². The van der Waals surface area contributed by atoms with E-state index in [1.807, 2.05) is 0 Å². The molecule has 1 aliphatic rings. The largest absolute Gasteiger partial charge is 0.478 e. The zero-order valence-corrected chi connectivity index (χ0v) is 8.73. The first-order valence-corrected chi connectivity index (χ1v) is 4.96. The first-order valence-electron chi connectivity index (χ1n) is 4.96. The van der Waals surface area contributed by atoms with Crippen molar-refractivity contribution in [2.24, 2.45) is 0 Å². The second-order valence-electron chi connectivity index (χ2n) is 3.93. The summed E-state index contributed by atoms with van der Waals surface area (Å²) >= 11 is 0. The van der Waals surface area contributed by atoms with Crippen LogP contribution in [0.2, 0.25) is 0 Å². The van der Waals surface area contributed by atoms with Crippen LogP contribution in [0.15, 0.2) is 12.2 Å². The molecule has 0 aromatic rings. The lowest BCUT2D eigenvalue weighted by atomic mass is 10.1. The van der Waals surface area contributed by atoms with Gasteiger partial charge >= 0.3 is 5.97 Å². The van der Waals surface area contributed by atoms with Gasteiger partial charge in [0, 0.05) is 37.8 Å². The zero-order valence-electron chi connectivity index (χ0n) is 8.73. The van der Waals surface area contributed by atoms with Crippen molar-refractivity contribution < 1.29 is 9.90 Å². The third kappa shape index (κ3) is 3.89. The molecule has 2 atom stereocenters. The molecule has 4 heteroatoms. The summed E-state index contributed by atoms with van der Waals surface area (Å²) in [5.41, 5.74) is 0. The summed E-state index contributed by atoms with van der Waals surface area (Å²) in [5, 5.41) is 11.9. The van der Waals surface area contributed by atoms with E-state index in [9.17, 15) is 4.79 Å². The molecule has 0 amide bonds. The molecule has 0 radical (unpaired) electrons. The molecular weight excluding hydrogens is 180 g/mol. The predicted molar refractivity (Wildman–Crippen MR) is 55.3 cm³/mol. The van der Waals surface area contributed by atoms with Crippen molar-refractivity contribution in [1.29, 1.82) is 0 Å². The summed E-state index contributed by atoms with van der Waals surface area (Å²) in [7, 11) is 0. The number of rotatable bonds is 3. The molecule has 0 saturated carbocycles. The summed E-state index contributed by atoms with van der Waals surface area (Å²) in [6, 6.07) is 0.967.